The summed E-state index contributed by atoms with van der Waals surface area (Å²) < 4.78 is 5.38. The molecule has 138 valence electrons. The lowest BCUT2D eigenvalue weighted by molar-refractivity contribution is -0.114. The van der Waals surface area contributed by atoms with Crippen molar-refractivity contribution in [2.45, 2.75) is 26.8 Å². The Morgan fingerprint density at radius 2 is 1.77 bits per heavy atom. The summed E-state index contributed by atoms with van der Waals surface area (Å²) in [6.07, 6.45) is 0. The quantitative estimate of drug-likeness (QED) is 0.679. The average molecular weight is 355 g/mol. The van der Waals surface area contributed by atoms with Gasteiger partial charge in [-0.2, -0.15) is 0 Å². The van der Waals surface area contributed by atoms with Crippen molar-refractivity contribution in [1.82, 2.24) is 5.32 Å². The molecule has 0 atom stereocenters. The van der Waals surface area contributed by atoms with Crippen LogP contribution in [0.25, 0.3) is 0 Å². The van der Waals surface area contributed by atoms with E-state index in [2.05, 4.69) is 16.0 Å². The van der Waals surface area contributed by atoms with Crippen LogP contribution < -0.4 is 20.7 Å². The zero-order valence-corrected chi connectivity index (χ0v) is 15.3. The summed E-state index contributed by atoms with van der Waals surface area (Å²) in [7, 11) is 0. The SMILES string of the molecule is CCOc1ccc(NCC(=O)Nc2cccc(C(=O)NC(C)C)c2)cc1. The largest absolute Gasteiger partial charge is 0.494 e. The summed E-state index contributed by atoms with van der Waals surface area (Å²) in [4.78, 5) is 24.1. The molecular formula is C20H25N3O3. The summed E-state index contributed by atoms with van der Waals surface area (Å²) in [6, 6.07) is 14.3. The van der Waals surface area contributed by atoms with Gasteiger partial charge in [0, 0.05) is 23.0 Å². The van der Waals surface area contributed by atoms with Gasteiger partial charge in [-0.1, -0.05) is 6.07 Å². The molecule has 26 heavy (non-hydrogen) atoms. The maximum Gasteiger partial charge on any atom is 0.251 e. The molecule has 0 unspecified atom stereocenters. The first-order valence-corrected chi connectivity index (χ1v) is 8.65. The highest BCUT2D eigenvalue weighted by Gasteiger charge is 2.09. The minimum Gasteiger partial charge on any atom is -0.494 e. The van der Waals surface area contributed by atoms with Crippen LogP contribution in [0.5, 0.6) is 5.75 Å². The van der Waals surface area contributed by atoms with Gasteiger partial charge in [-0.25, -0.2) is 0 Å². The van der Waals surface area contributed by atoms with Gasteiger partial charge in [-0.15, -0.1) is 0 Å². The maximum atomic E-state index is 12.1. The molecule has 2 aromatic rings. The lowest BCUT2D eigenvalue weighted by Crippen LogP contribution is -2.30. The lowest BCUT2D eigenvalue weighted by Gasteiger charge is -2.11. The monoisotopic (exact) mass is 355 g/mol. The summed E-state index contributed by atoms with van der Waals surface area (Å²) in [5.74, 6) is 0.433. The first kappa shape index (κ1) is 19.3. The van der Waals surface area contributed by atoms with Crippen molar-refractivity contribution >= 4 is 23.2 Å². The molecule has 0 radical (unpaired) electrons. The fourth-order valence-corrected chi connectivity index (χ4v) is 2.31. The number of hydrogen-bond donors (Lipinski definition) is 3. The number of carbonyl (C=O) groups excluding carboxylic acids is 2. The molecular weight excluding hydrogens is 330 g/mol. The van der Waals surface area contributed by atoms with E-state index in [4.69, 9.17) is 4.74 Å². The Morgan fingerprint density at radius 1 is 1.04 bits per heavy atom. The van der Waals surface area contributed by atoms with Gasteiger partial charge < -0.3 is 20.7 Å². The highest BCUT2D eigenvalue weighted by Crippen LogP contribution is 2.15. The highest BCUT2D eigenvalue weighted by molar-refractivity contribution is 5.98. The number of nitrogens with one attached hydrogen (secondary N) is 3. The van der Waals surface area contributed by atoms with E-state index >= 15 is 0 Å². The predicted octanol–water partition coefficient (Wildman–Crippen LogP) is 3.27. The third-order valence-corrected chi connectivity index (χ3v) is 3.45. The predicted molar refractivity (Wildman–Crippen MR) is 104 cm³/mol. The number of ether oxygens (including phenoxy) is 1. The van der Waals surface area contributed by atoms with Gasteiger partial charge >= 0.3 is 0 Å². The van der Waals surface area contributed by atoms with E-state index in [1.807, 2.05) is 45.0 Å². The Labute approximate surface area is 153 Å². The van der Waals surface area contributed by atoms with Crippen LogP contribution in [-0.2, 0) is 4.79 Å². The second-order valence-corrected chi connectivity index (χ2v) is 6.07. The number of anilines is 2. The van der Waals surface area contributed by atoms with Crippen molar-refractivity contribution in [2.24, 2.45) is 0 Å². The zero-order valence-electron chi connectivity index (χ0n) is 15.3. The third kappa shape index (κ3) is 6.12. The summed E-state index contributed by atoms with van der Waals surface area (Å²) in [5, 5.41) is 8.66. The lowest BCUT2D eigenvalue weighted by atomic mass is 10.1. The number of benzene rings is 2. The molecule has 0 bridgehead atoms. The summed E-state index contributed by atoms with van der Waals surface area (Å²) >= 11 is 0. The molecule has 6 heteroatoms. The zero-order chi connectivity index (χ0) is 18.9. The van der Waals surface area contributed by atoms with Gasteiger partial charge in [0.1, 0.15) is 5.75 Å². The molecule has 0 fully saturated rings. The average Bonchev–Trinajstić information content (AvgIpc) is 2.61. The standard InChI is InChI=1S/C20H25N3O3/c1-4-26-18-10-8-16(9-11-18)21-13-19(24)23-17-7-5-6-15(12-17)20(25)22-14(2)3/h5-12,14,21H,4,13H2,1-3H3,(H,22,25)(H,23,24). The fourth-order valence-electron chi connectivity index (χ4n) is 2.31. The first-order valence-electron chi connectivity index (χ1n) is 8.65. The summed E-state index contributed by atoms with van der Waals surface area (Å²) in [5.41, 5.74) is 1.92. The summed E-state index contributed by atoms with van der Waals surface area (Å²) in [6.45, 7) is 6.46. The van der Waals surface area contributed by atoms with Gasteiger partial charge in [-0.3, -0.25) is 9.59 Å². The molecule has 0 heterocycles. The van der Waals surface area contributed by atoms with Crippen LogP contribution in [0.1, 0.15) is 31.1 Å². The van der Waals surface area contributed by atoms with Crippen LogP contribution in [0.4, 0.5) is 11.4 Å². The minimum atomic E-state index is -0.194. The molecule has 0 saturated carbocycles. The molecule has 0 aromatic heterocycles. The topological polar surface area (TPSA) is 79.5 Å². The van der Waals surface area contributed by atoms with Crippen molar-refractivity contribution in [3.8, 4) is 5.75 Å². The molecule has 2 amide bonds. The van der Waals surface area contributed by atoms with E-state index in [-0.39, 0.29) is 24.4 Å². The number of carbonyl (C=O) groups is 2. The minimum absolute atomic E-state index is 0.0547. The number of rotatable bonds is 8. The van der Waals surface area contributed by atoms with Crippen LogP contribution in [-0.4, -0.2) is 31.0 Å². The van der Waals surface area contributed by atoms with Crippen LogP contribution in [0.3, 0.4) is 0 Å². The molecule has 3 N–H and O–H groups in total. The van der Waals surface area contributed by atoms with Gasteiger partial charge in [0.05, 0.1) is 13.2 Å². The van der Waals surface area contributed by atoms with Gasteiger partial charge in [0.2, 0.25) is 5.91 Å². The second-order valence-electron chi connectivity index (χ2n) is 6.07. The van der Waals surface area contributed by atoms with Gasteiger partial charge in [-0.05, 0) is 63.2 Å². The molecule has 6 nitrogen and oxygen atoms in total. The smallest absolute Gasteiger partial charge is 0.251 e. The van der Waals surface area contributed by atoms with E-state index in [9.17, 15) is 9.59 Å². The number of hydrogen-bond acceptors (Lipinski definition) is 4. The van der Waals surface area contributed by atoms with Crippen molar-refractivity contribution in [2.75, 3.05) is 23.8 Å². The Morgan fingerprint density at radius 3 is 2.42 bits per heavy atom. The van der Waals surface area contributed by atoms with Crippen molar-refractivity contribution in [3.05, 3.63) is 54.1 Å². The molecule has 0 aliphatic rings. The van der Waals surface area contributed by atoms with Crippen LogP contribution in [0.2, 0.25) is 0 Å². The number of amides is 2. The Bertz CT molecular complexity index is 742. The Hall–Kier alpha value is -3.02. The van der Waals surface area contributed by atoms with Gasteiger partial charge in [0.25, 0.3) is 5.91 Å². The molecule has 0 aliphatic carbocycles. The fraction of sp³-hybridized carbons (Fsp3) is 0.300. The van der Waals surface area contributed by atoms with E-state index in [1.54, 1.807) is 24.3 Å². The highest BCUT2D eigenvalue weighted by atomic mass is 16.5. The first-order chi connectivity index (χ1) is 12.5. The van der Waals surface area contributed by atoms with Crippen LogP contribution in [0, 0.1) is 0 Å². The van der Waals surface area contributed by atoms with E-state index < -0.39 is 0 Å². The van der Waals surface area contributed by atoms with Gasteiger partial charge in [0.15, 0.2) is 0 Å². The van der Waals surface area contributed by atoms with Crippen molar-refractivity contribution in [1.29, 1.82) is 0 Å². The third-order valence-electron chi connectivity index (χ3n) is 3.45. The second kappa shape index (κ2) is 9.46. The molecule has 2 rings (SSSR count). The van der Waals surface area contributed by atoms with Crippen LogP contribution in [0.15, 0.2) is 48.5 Å². The normalized spacial score (nSPS) is 10.3. The molecule has 0 saturated heterocycles. The molecule has 2 aromatic carbocycles. The van der Waals surface area contributed by atoms with Crippen LogP contribution >= 0.6 is 0 Å². The van der Waals surface area contributed by atoms with E-state index in [1.165, 1.54) is 0 Å². The molecule has 0 aliphatic heterocycles. The van der Waals surface area contributed by atoms with Crippen molar-refractivity contribution in [3.63, 3.8) is 0 Å². The molecule has 0 spiro atoms. The van der Waals surface area contributed by atoms with E-state index in [0.717, 1.165) is 11.4 Å². The van der Waals surface area contributed by atoms with Crippen molar-refractivity contribution < 1.29 is 14.3 Å². The Balaban J connectivity index is 1.88. The van der Waals surface area contributed by atoms with E-state index in [0.29, 0.717) is 17.9 Å². The Kier molecular flexibility index (Phi) is 7.02. The maximum absolute atomic E-state index is 12.1.